The molecule has 3 aromatic rings. The van der Waals surface area contributed by atoms with E-state index in [0.717, 1.165) is 12.8 Å². The van der Waals surface area contributed by atoms with Gasteiger partial charge in [-0.1, -0.05) is 16.8 Å². The number of nitrogens with zero attached hydrogens (tertiary/aromatic N) is 4. The molecule has 4 heterocycles. The zero-order valence-electron chi connectivity index (χ0n) is 15.6. The van der Waals surface area contributed by atoms with Crippen LogP contribution in [0, 0.1) is 0 Å². The molecule has 8 nitrogen and oxygen atoms in total. The topological polar surface area (TPSA) is 97.1 Å². The smallest absolute Gasteiger partial charge is 0.254 e. The molecule has 9 heteroatoms. The number of nitrogens with one attached hydrogen (secondary N) is 1. The van der Waals surface area contributed by atoms with Crippen molar-refractivity contribution in [2.24, 2.45) is 0 Å². The number of rotatable bonds is 4. The van der Waals surface area contributed by atoms with Gasteiger partial charge < -0.3 is 19.1 Å². The fourth-order valence-corrected chi connectivity index (χ4v) is 3.58. The Labute approximate surface area is 166 Å². The van der Waals surface area contributed by atoms with Crippen LogP contribution in [0.5, 0.6) is 5.88 Å². The summed E-state index contributed by atoms with van der Waals surface area (Å²) in [5, 5.41) is 4.62. The number of ether oxygens (including phenoxy) is 1. The summed E-state index contributed by atoms with van der Waals surface area (Å²) in [6.45, 7) is 2.56. The van der Waals surface area contributed by atoms with Crippen LogP contribution in [0.3, 0.4) is 0 Å². The lowest BCUT2D eigenvalue weighted by molar-refractivity contribution is 0.0592. The molecule has 0 radical (unpaired) electrons. The summed E-state index contributed by atoms with van der Waals surface area (Å²) in [6, 6.07) is 5.21. The standard InChI is InChI=1S/C19H20ClN5O3/c1-11-3-4-13(18-23-17(24-28-18)15-8-14(20)9-22-15)10-25(11)19(26)12-5-6-21-16(7-12)27-2/h5-9,11,13,22H,3-4,10H2,1-2H3/t11-,13+/m1/s1. The Kier molecular flexibility index (Phi) is 5.04. The first-order chi connectivity index (χ1) is 13.5. The lowest BCUT2D eigenvalue weighted by Crippen LogP contribution is -2.45. The van der Waals surface area contributed by atoms with Gasteiger partial charge in [0.05, 0.1) is 23.7 Å². The average Bonchev–Trinajstić information content (AvgIpc) is 3.37. The van der Waals surface area contributed by atoms with Crippen LogP contribution in [0.4, 0.5) is 0 Å². The molecule has 1 aliphatic rings. The molecule has 1 aliphatic heterocycles. The third kappa shape index (κ3) is 3.60. The number of aromatic nitrogens is 4. The van der Waals surface area contributed by atoms with Crippen molar-refractivity contribution in [2.75, 3.05) is 13.7 Å². The maximum absolute atomic E-state index is 13.0. The lowest BCUT2D eigenvalue weighted by atomic mass is 9.92. The molecule has 0 unspecified atom stereocenters. The molecule has 0 saturated carbocycles. The van der Waals surface area contributed by atoms with Gasteiger partial charge in [-0.2, -0.15) is 4.98 Å². The molecule has 28 heavy (non-hydrogen) atoms. The van der Waals surface area contributed by atoms with E-state index in [4.69, 9.17) is 20.9 Å². The van der Waals surface area contributed by atoms with E-state index < -0.39 is 0 Å². The highest BCUT2D eigenvalue weighted by atomic mass is 35.5. The van der Waals surface area contributed by atoms with Crippen molar-refractivity contribution < 1.29 is 14.1 Å². The second-order valence-electron chi connectivity index (χ2n) is 6.86. The fraction of sp³-hybridized carbons (Fsp3) is 0.368. The van der Waals surface area contributed by atoms with E-state index in [2.05, 4.69) is 20.1 Å². The average molecular weight is 402 g/mol. The number of amides is 1. The highest BCUT2D eigenvalue weighted by Gasteiger charge is 2.33. The van der Waals surface area contributed by atoms with Crippen LogP contribution >= 0.6 is 11.6 Å². The Morgan fingerprint density at radius 3 is 3.00 bits per heavy atom. The molecule has 1 amide bonds. The van der Waals surface area contributed by atoms with Crippen LogP contribution in [0.2, 0.25) is 5.02 Å². The van der Waals surface area contributed by atoms with E-state index in [1.807, 2.05) is 11.8 Å². The van der Waals surface area contributed by atoms with Gasteiger partial charge in [-0.15, -0.1) is 0 Å². The Morgan fingerprint density at radius 1 is 1.39 bits per heavy atom. The maximum atomic E-state index is 13.0. The number of pyridine rings is 1. The number of piperidine rings is 1. The van der Waals surface area contributed by atoms with Crippen molar-refractivity contribution in [3.05, 3.63) is 47.1 Å². The molecule has 4 rings (SSSR count). The van der Waals surface area contributed by atoms with Crippen LogP contribution in [0.1, 0.15) is 41.9 Å². The van der Waals surface area contributed by atoms with Gasteiger partial charge in [0.15, 0.2) is 0 Å². The summed E-state index contributed by atoms with van der Waals surface area (Å²) in [6.07, 6.45) is 4.96. The van der Waals surface area contributed by atoms with Crippen molar-refractivity contribution in [3.8, 4) is 17.4 Å². The summed E-state index contributed by atoms with van der Waals surface area (Å²) in [5.41, 5.74) is 1.24. The van der Waals surface area contributed by atoms with Crippen molar-refractivity contribution in [1.29, 1.82) is 0 Å². The molecule has 0 aromatic carbocycles. The molecular weight excluding hydrogens is 382 g/mol. The Morgan fingerprint density at radius 2 is 2.25 bits per heavy atom. The van der Waals surface area contributed by atoms with Gasteiger partial charge in [-0.05, 0) is 31.9 Å². The van der Waals surface area contributed by atoms with Gasteiger partial charge in [0, 0.05) is 36.6 Å². The number of hydrogen-bond donors (Lipinski definition) is 1. The normalized spacial score (nSPS) is 19.6. The van der Waals surface area contributed by atoms with E-state index >= 15 is 0 Å². The predicted octanol–water partition coefficient (Wildman–Crippen LogP) is 3.53. The van der Waals surface area contributed by atoms with Gasteiger partial charge in [0.2, 0.25) is 17.6 Å². The number of H-pyrrole nitrogens is 1. The maximum Gasteiger partial charge on any atom is 0.254 e. The van der Waals surface area contributed by atoms with Crippen molar-refractivity contribution in [1.82, 2.24) is 25.0 Å². The summed E-state index contributed by atoms with van der Waals surface area (Å²) < 4.78 is 10.6. The van der Waals surface area contributed by atoms with Crippen molar-refractivity contribution in [3.63, 3.8) is 0 Å². The third-order valence-corrected chi connectivity index (χ3v) is 5.23. The number of likely N-dealkylation sites (tertiary alicyclic amines) is 1. The number of hydrogen-bond acceptors (Lipinski definition) is 6. The molecule has 1 saturated heterocycles. The van der Waals surface area contributed by atoms with E-state index in [1.54, 1.807) is 30.6 Å². The molecule has 0 aliphatic carbocycles. The molecule has 3 aromatic heterocycles. The largest absolute Gasteiger partial charge is 0.481 e. The second-order valence-corrected chi connectivity index (χ2v) is 7.29. The van der Waals surface area contributed by atoms with Gasteiger partial charge in [0.1, 0.15) is 0 Å². The minimum atomic E-state index is -0.0613. The summed E-state index contributed by atoms with van der Waals surface area (Å²) >= 11 is 5.94. The molecule has 0 bridgehead atoms. The zero-order chi connectivity index (χ0) is 19.7. The number of carbonyl (C=O) groups is 1. The van der Waals surface area contributed by atoms with E-state index in [-0.39, 0.29) is 17.9 Å². The highest BCUT2D eigenvalue weighted by Crippen LogP contribution is 2.31. The molecule has 1 fully saturated rings. The summed E-state index contributed by atoms with van der Waals surface area (Å²) in [7, 11) is 1.53. The minimum absolute atomic E-state index is 0.0180. The Balaban J connectivity index is 1.53. The van der Waals surface area contributed by atoms with Gasteiger partial charge in [0.25, 0.3) is 5.91 Å². The van der Waals surface area contributed by atoms with E-state index in [1.165, 1.54) is 7.11 Å². The third-order valence-electron chi connectivity index (χ3n) is 5.01. The van der Waals surface area contributed by atoms with Crippen LogP contribution in [-0.2, 0) is 0 Å². The monoisotopic (exact) mass is 401 g/mol. The van der Waals surface area contributed by atoms with Gasteiger partial charge >= 0.3 is 0 Å². The molecule has 0 spiro atoms. The van der Waals surface area contributed by atoms with E-state index in [0.29, 0.717) is 40.4 Å². The fourth-order valence-electron chi connectivity index (χ4n) is 3.42. The first-order valence-electron chi connectivity index (χ1n) is 9.04. The first kappa shape index (κ1) is 18.5. The first-order valence-corrected chi connectivity index (χ1v) is 9.42. The van der Waals surface area contributed by atoms with Gasteiger partial charge in [-0.3, -0.25) is 4.79 Å². The van der Waals surface area contributed by atoms with Crippen LogP contribution < -0.4 is 4.74 Å². The van der Waals surface area contributed by atoms with Crippen molar-refractivity contribution in [2.45, 2.75) is 31.7 Å². The molecule has 2 atom stereocenters. The quantitative estimate of drug-likeness (QED) is 0.718. The van der Waals surface area contributed by atoms with Crippen LogP contribution in [-0.4, -0.2) is 50.6 Å². The second kappa shape index (κ2) is 7.63. The molecule has 146 valence electrons. The summed E-state index contributed by atoms with van der Waals surface area (Å²) in [5.74, 6) is 1.32. The number of halogens is 1. The predicted molar refractivity (Wildman–Crippen MR) is 102 cm³/mol. The number of carbonyl (C=O) groups excluding carboxylic acids is 1. The Hall–Kier alpha value is -2.87. The van der Waals surface area contributed by atoms with Crippen molar-refractivity contribution >= 4 is 17.5 Å². The zero-order valence-corrected chi connectivity index (χ0v) is 16.3. The lowest BCUT2D eigenvalue weighted by Gasteiger charge is -2.36. The minimum Gasteiger partial charge on any atom is -0.481 e. The van der Waals surface area contributed by atoms with Crippen LogP contribution in [0.15, 0.2) is 35.1 Å². The van der Waals surface area contributed by atoms with Gasteiger partial charge in [-0.25, -0.2) is 4.98 Å². The summed E-state index contributed by atoms with van der Waals surface area (Å²) in [4.78, 5) is 26.5. The molecular formula is C19H20ClN5O3. The highest BCUT2D eigenvalue weighted by molar-refractivity contribution is 6.30. The molecule has 1 N–H and O–H groups in total. The van der Waals surface area contributed by atoms with E-state index in [9.17, 15) is 4.79 Å². The van der Waals surface area contributed by atoms with Crippen LogP contribution in [0.25, 0.3) is 11.5 Å². The number of methoxy groups -OCH3 is 1. The Bertz CT molecular complexity index is 985. The SMILES string of the molecule is COc1cc(C(=O)N2C[C@@H](c3nc(-c4cc(Cl)c[nH]4)no3)CC[C@H]2C)ccn1. The number of aromatic amines is 1.